The van der Waals surface area contributed by atoms with Gasteiger partial charge in [-0.3, -0.25) is 4.79 Å². The van der Waals surface area contributed by atoms with E-state index in [-0.39, 0.29) is 5.91 Å². The van der Waals surface area contributed by atoms with Crippen LogP contribution in [0.2, 0.25) is 5.02 Å². The number of aryl methyl sites for hydroxylation is 2. The summed E-state index contributed by atoms with van der Waals surface area (Å²) in [7, 11) is 0. The van der Waals surface area contributed by atoms with Crippen LogP contribution in [-0.2, 0) is 11.4 Å². The lowest BCUT2D eigenvalue weighted by Gasteiger charge is -2.29. The Morgan fingerprint density at radius 2 is 1.86 bits per heavy atom. The average Bonchev–Trinajstić information content (AvgIpc) is 3.33. The number of hydrogen-bond donors (Lipinski definition) is 2. The standard InChI is InChI=1S/C28H26ClN5O2/c1-17-8-13-24(18(2)14-17)33-27(35)25-19(3)32-28-30-16-31-34(28)26(25)20-9-11-22(12-10-20)36-15-21-6-4-5-7-23(21)29/h4-14,16,26H,15H2,1-3H3,(H,33,35)(H,30,31,32)/t26-/m0/s1. The highest BCUT2D eigenvalue weighted by Crippen LogP contribution is 2.36. The highest BCUT2D eigenvalue weighted by Gasteiger charge is 2.33. The molecule has 2 N–H and O–H groups in total. The van der Waals surface area contributed by atoms with Gasteiger partial charge < -0.3 is 15.4 Å². The summed E-state index contributed by atoms with van der Waals surface area (Å²) >= 11 is 6.24. The van der Waals surface area contributed by atoms with Gasteiger partial charge in [0.2, 0.25) is 5.95 Å². The van der Waals surface area contributed by atoms with E-state index >= 15 is 0 Å². The fraction of sp³-hybridized carbons (Fsp3) is 0.179. The van der Waals surface area contributed by atoms with Crippen LogP contribution in [0.4, 0.5) is 11.6 Å². The summed E-state index contributed by atoms with van der Waals surface area (Å²) in [5, 5.41) is 11.4. The number of nitrogens with one attached hydrogen (secondary N) is 2. The number of rotatable bonds is 6. The van der Waals surface area contributed by atoms with Crippen LogP contribution >= 0.6 is 11.6 Å². The minimum absolute atomic E-state index is 0.197. The highest BCUT2D eigenvalue weighted by atomic mass is 35.5. The number of fused-ring (bicyclic) bond motifs is 1. The first kappa shape index (κ1) is 23.6. The molecule has 3 aromatic carbocycles. The zero-order valence-electron chi connectivity index (χ0n) is 20.2. The van der Waals surface area contributed by atoms with Crippen LogP contribution in [0, 0.1) is 13.8 Å². The summed E-state index contributed by atoms with van der Waals surface area (Å²) in [4.78, 5) is 17.9. The predicted molar refractivity (Wildman–Crippen MR) is 141 cm³/mol. The number of amides is 1. The molecule has 7 nitrogen and oxygen atoms in total. The fourth-order valence-electron chi connectivity index (χ4n) is 4.36. The van der Waals surface area contributed by atoms with Crippen molar-refractivity contribution in [3.05, 3.63) is 112 Å². The van der Waals surface area contributed by atoms with E-state index in [1.54, 1.807) is 4.68 Å². The highest BCUT2D eigenvalue weighted by molar-refractivity contribution is 6.31. The molecule has 1 aliphatic rings. The van der Waals surface area contributed by atoms with Gasteiger partial charge in [0, 0.05) is 22.0 Å². The van der Waals surface area contributed by atoms with Gasteiger partial charge in [-0.25, -0.2) is 4.68 Å². The van der Waals surface area contributed by atoms with Crippen molar-refractivity contribution in [2.45, 2.75) is 33.4 Å². The summed E-state index contributed by atoms with van der Waals surface area (Å²) in [5.74, 6) is 1.09. The second-order valence-electron chi connectivity index (χ2n) is 8.82. The molecule has 0 aliphatic carbocycles. The number of benzene rings is 3. The zero-order chi connectivity index (χ0) is 25.2. The Bertz CT molecular complexity index is 1460. The fourth-order valence-corrected chi connectivity index (χ4v) is 4.55. The van der Waals surface area contributed by atoms with Crippen molar-refractivity contribution in [3.63, 3.8) is 0 Å². The van der Waals surface area contributed by atoms with E-state index in [9.17, 15) is 4.79 Å². The molecule has 0 bridgehead atoms. The zero-order valence-corrected chi connectivity index (χ0v) is 21.0. The second kappa shape index (κ2) is 9.87. The molecule has 0 unspecified atom stereocenters. The number of aromatic nitrogens is 3. The van der Waals surface area contributed by atoms with Crippen LogP contribution in [0.25, 0.3) is 0 Å². The number of allylic oxidation sites excluding steroid dienone is 1. The first-order valence-electron chi connectivity index (χ1n) is 11.6. The maximum Gasteiger partial charge on any atom is 0.255 e. The van der Waals surface area contributed by atoms with E-state index in [1.807, 2.05) is 87.5 Å². The Kier molecular flexibility index (Phi) is 6.48. The van der Waals surface area contributed by atoms with E-state index in [0.717, 1.165) is 33.6 Å². The first-order valence-corrected chi connectivity index (χ1v) is 12.0. The van der Waals surface area contributed by atoms with E-state index in [4.69, 9.17) is 16.3 Å². The SMILES string of the molecule is CC1=C(C(=O)Nc2ccc(C)cc2C)[C@H](c2ccc(OCc3ccccc3Cl)cc2)n2ncnc2N1. The lowest BCUT2D eigenvalue weighted by Crippen LogP contribution is -2.31. The van der Waals surface area contributed by atoms with E-state index < -0.39 is 6.04 Å². The molecule has 4 aromatic rings. The summed E-state index contributed by atoms with van der Waals surface area (Å²) in [6.07, 6.45) is 1.48. The van der Waals surface area contributed by atoms with Crippen molar-refractivity contribution in [1.82, 2.24) is 14.8 Å². The molecule has 1 atom stereocenters. The average molecular weight is 500 g/mol. The van der Waals surface area contributed by atoms with Crippen molar-refractivity contribution in [2.24, 2.45) is 0 Å². The molecule has 0 saturated carbocycles. The minimum Gasteiger partial charge on any atom is -0.489 e. The van der Waals surface area contributed by atoms with Crippen LogP contribution in [0.5, 0.6) is 5.75 Å². The monoisotopic (exact) mass is 499 g/mol. The number of halogens is 1. The summed E-state index contributed by atoms with van der Waals surface area (Å²) in [6.45, 7) is 6.25. The molecular formula is C28H26ClN5O2. The molecular weight excluding hydrogens is 474 g/mol. The Labute approximate surface area is 214 Å². The normalized spacial score (nSPS) is 14.7. The van der Waals surface area contributed by atoms with Crippen LogP contribution in [-0.4, -0.2) is 20.7 Å². The van der Waals surface area contributed by atoms with Crippen molar-refractivity contribution in [3.8, 4) is 5.75 Å². The number of carbonyl (C=O) groups is 1. The summed E-state index contributed by atoms with van der Waals surface area (Å²) < 4.78 is 7.67. The number of ether oxygens (including phenoxy) is 1. The van der Waals surface area contributed by atoms with Gasteiger partial charge in [-0.05, 0) is 56.2 Å². The van der Waals surface area contributed by atoms with Crippen molar-refractivity contribution < 1.29 is 9.53 Å². The van der Waals surface area contributed by atoms with Crippen molar-refractivity contribution in [2.75, 3.05) is 10.6 Å². The Morgan fingerprint density at radius 3 is 2.61 bits per heavy atom. The third-order valence-electron chi connectivity index (χ3n) is 6.22. The lowest BCUT2D eigenvalue weighted by molar-refractivity contribution is -0.113. The predicted octanol–water partition coefficient (Wildman–Crippen LogP) is 6.05. The van der Waals surface area contributed by atoms with Gasteiger partial charge in [0.05, 0.1) is 5.57 Å². The van der Waals surface area contributed by atoms with Crippen LogP contribution in [0.1, 0.15) is 35.2 Å². The molecule has 0 radical (unpaired) electrons. The second-order valence-corrected chi connectivity index (χ2v) is 9.22. The third-order valence-corrected chi connectivity index (χ3v) is 6.59. The number of carbonyl (C=O) groups excluding carboxylic acids is 1. The number of anilines is 2. The number of hydrogen-bond acceptors (Lipinski definition) is 5. The van der Waals surface area contributed by atoms with Gasteiger partial charge in [-0.15, -0.1) is 0 Å². The Balaban J connectivity index is 1.42. The largest absolute Gasteiger partial charge is 0.489 e. The van der Waals surface area contributed by atoms with E-state index in [1.165, 1.54) is 6.33 Å². The van der Waals surface area contributed by atoms with E-state index in [0.29, 0.717) is 28.9 Å². The van der Waals surface area contributed by atoms with Gasteiger partial charge in [0.15, 0.2) is 0 Å². The summed E-state index contributed by atoms with van der Waals surface area (Å²) in [5.41, 5.74) is 6.01. The van der Waals surface area contributed by atoms with Gasteiger partial charge in [-0.2, -0.15) is 10.1 Å². The van der Waals surface area contributed by atoms with Crippen molar-refractivity contribution >= 4 is 29.1 Å². The Hall–Kier alpha value is -4.10. The molecule has 182 valence electrons. The minimum atomic E-state index is -0.452. The van der Waals surface area contributed by atoms with Crippen LogP contribution in [0.15, 0.2) is 84.3 Å². The molecule has 0 spiro atoms. The molecule has 1 aliphatic heterocycles. The molecule has 5 rings (SSSR count). The number of nitrogens with zero attached hydrogens (tertiary/aromatic N) is 3. The van der Waals surface area contributed by atoms with Gasteiger partial charge >= 0.3 is 0 Å². The quantitative estimate of drug-likeness (QED) is 0.337. The summed E-state index contributed by atoms with van der Waals surface area (Å²) in [6, 6.07) is 20.8. The maximum atomic E-state index is 13.6. The molecule has 2 heterocycles. The molecule has 1 aromatic heterocycles. The van der Waals surface area contributed by atoms with Crippen LogP contribution < -0.4 is 15.4 Å². The van der Waals surface area contributed by atoms with E-state index in [2.05, 4.69) is 20.7 Å². The van der Waals surface area contributed by atoms with Crippen molar-refractivity contribution in [1.29, 1.82) is 0 Å². The van der Waals surface area contributed by atoms with Gasteiger partial charge in [0.25, 0.3) is 5.91 Å². The van der Waals surface area contributed by atoms with Gasteiger partial charge in [0.1, 0.15) is 24.7 Å². The first-order chi connectivity index (χ1) is 17.4. The third kappa shape index (κ3) is 4.70. The molecule has 0 fully saturated rings. The maximum absolute atomic E-state index is 13.6. The molecule has 0 saturated heterocycles. The molecule has 1 amide bonds. The van der Waals surface area contributed by atoms with Crippen LogP contribution in [0.3, 0.4) is 0 Å². The molecule has 36 heavy (non-hydrogen) atoms. The lowest BCUT2D eigenvalue weighted by atomic mass is 9.94. The van der Waals surface area contributed by atoms with Gasteiger partial charge in [-0.1, -0.05) is 59.6 Å². The Morgan fingerprint density at radius 1 is 1.08 bits per heavy atom. The smallest absolute Gasteiger partial charge is 0.255 e. The molecule has 8 heteroatoms. The topological polar surface area (TPSA) is 81.1 Å².